The van der Waals surface area contributed by atoms with Crippen molar-refractivity contribution in [1.82, 2.24) is 19.9 Å². The number of ether oxygens (including phenoxy) is 1. The van der Waals surface area contributed by atoms with Crippen molar-refractivity contribution in [1.29, 1.82) is 0 Å². The molecule has 1 aliphatic heterocycles. The van der Waals surface area contributed by atoms with Crippen LogP contribution in [0.4, 0.5) is 0 Å². The molecule has 0 fully saturated rings. The third kappa shape index (κ3) is 4.23. The maximum Gasteiger partial charge on any atom is 0.323 e. The van der Waals surface area contributed by atoms with Gasteiger partial charge in [-0.05, 0) is 37.6 Å². The minimum Gasteiger partial charge on any atom is -0.497 e. The number of fused-ring (bicyclic) bond motifs is 1. The number of hydrogen-bond acceptors (Lipinski definition) is 6. The molecule has 162 valence electrons. The zero-order valence-corrected chi connectivity index (χ0v) is 17.3. The Morgan fingerprint density at radius 2 is 2.16 bits per heavy atom. The van der Waals surface area contributed by atoms with Gasteiger partial charge in [-0.25, -0.2) is 4.98 Å². The van der Waals surface area contributed by atoms with Crippen molar-refractivity contribution < 1.29 is 19.7 Å². The van der Waals surface area contributed by atoms with Crippen LogP contribution in [-0.4, -0.2) is 49.5 Å². The Hall–Kier alpha value is -3.43. The van der Waals surface area contributed by atoms with E-state index in [1.165, 1.54) is 6.92 Å². The molecule has 3 aromatic rings. The first-order chi connectivity index (χ1) is 14.8. The van der Waals surface area contributed by atoms with E-state index in [4.69, 9.17) is 9.72 Å². The molecule has 4 N–H and O–H groups in total. The second-order valence-corrected chi connectivity index (χ2v) is 7.77. The van der Waals surface area contributed by atoms with E-state index in [9.17, 15) is 19.8 Å². The average Bonchev–Trinajstić information content (AvgIpc) is 3.04. The summed E-state index contributed by atoms with van der Waals surface area (Å²) in [5.41, 5.74) is 4.91. The molecule has 0 aliphatic carbocycles. The third-order valence-electron chi connectivity index (χ3n) is 5.31. The molecule has 9 nitrogen and oxygen atoms in total. The van der Waals surface area contributed by atoms with Crippen LogP contribution < -0.4 is 10.9 Å². The number of carbonyl (C=O) groups is 1. The van der Waals surface area contributed by atoms with E-state index in [0.717, 1.165) is 33.6 Å². The number of nitrogens with one attached hydrogen (secondary N) is 2. The van der Waals surface area contributed by atoms with Gasteiger partial charge in [-0.1, -0.05) is 6.07 Å². The molecule has 1 aliphatic rings. The number of H-pyrrole nitrogens is 1. The number of rotatable bonds is 8. The normalized spacial score (nSPS) is 15.1. The minimum atomic E-state index is -1.10. The van der Waals surface area contributed by atoms with Gasteiger partial charge < -0.3 is 24.5 Å². The van der Waals surface area contributed by atoms with Gasteiger partial charge in [0.15, 0.2) is 0 Å². The fourth-order valence-corrected chi connectivity index (χ4v) is 3.57. The molecule has 31 heavy (non-hydrogen) atoms. The third-order valence-corrected chi connectivity index (χ3v) is 5.31. The summed E-state index contributed by atoms with van der Waals surface area (Å²) in [6.45, 7) is 4.65. The standard InChI is InChI=1S/C22H24N4O5/c1-12-5-16(8-24-21(12)28)20-25-17-6-14(7-23-19(13(2)27)22(29)30)3-4-18(17)26(20)9-15-10-31-11-15/h3-6,8,10,13,19,23,27H,7,9,11H2,1-2H3,(H,24,28)(H,29,30). The highest BCUT2D eigenvalue weighted by molar-refractivity contribution is 5.81. The zero-order valence-electron chi connectivity index (χ0n) is 17.3. The number of aliphatic carboxylic acids is 1. The maximum absolute atomic E-state index is 11.8. The first kappa shape index (κ1) is 20.8. The number of aliphatic hydroxyl groups excluding tert-OH is 1. The Labute approximate surface area is 178 Å². The molecule has 4 rings (SSSR count). The number of aromatic nitrogens is 3. The van der Waals surface area contributed by atoms with Crippen LogP contribution in [0.15, 0.2) is 47.1 Å². The van der Waals surface area contributed by atoms with Crippen LogP contribution in [0.3, 0.4) is 0 Å². The maximum atomic E-state index is 11.8. The number of hydrogen-bond donors (Lipinski definition) is 4. The van der Waals surface area contributed by atoms with Gasteiger partial charge in [-0.2, -0.15) is 0 Å². The summed E-state index contributed by atoms with van der Waals surface area (Å²) in [5, 5.41) is 21.8. The summed E-state index contributed by atoms with van der Waals surface area (Å²) in [6.07, 6.45) is 2.36. The van der Waals surface area contributed by atoms with Gasteiger partial charge in [-0.15, -0.1) is 0 Å². The predicted molar refractivity (Wildman–Crippen MR) is 115 cm³/mol. The van der Waals surface area contributed by atoms with Crippen LogP contribution in [0.5, 0.6) is 0 Å². The van der Waals surface area contributed by atoms with E-state index in [-0.39, 0.29) is 12.1 Å². The van der Waals surface area contributed by atoms with E-state index in [0.29, 0.717) is 18.7 Å². The van der Waals surface area contributed by atoms with Crippen LogP contribution in [0.2, 0.25) is 0 Å². The van der Waals surface area contributed by atoms with Gasteiger partial charge in [0.2, 0.25) is 0 Å². The first-order valence-corrected chi connectivity index (χ1v) is 9.96. The molecule has 0 spiro atoms. The molecule has 2 aromatic heterocycles. The summed E-state index contributed by atoms with van der Waals surface area (Å²) in [7, 11) is 0. The van der Waals surface area contributed by atoms with Gasteiger partial charge >= 0.3 is 5.97 Å². The van der Waals surface area contributed by atoms with Gasteiger partial charge in [-0.3, -0.25) is 14.9 Å². The van der Waals surface area contributed by atoms with Gasteiger partial charge in [0.25, 0.3) is 5.56 Å². The summed E-state index contributed by atoms with van der Waals surface area (Å²) in [4.78, 5) is 30.6. The molecule has 9 heteroatoms. The summed E-state index contributed by atoms with van der Waals surface area (Å²) >= 11 is 0. The van der Waals surface area contributed by atoms with E-state index < -0.39 is 18.1 Å². The zero-order chi connectivity index (χ0) is 22.1. The van der Waals surface area contributed by atoms with E-state index in [1.807, 2.05) is 24.3 Å². The second-order valence-electron chi connectivity index (χ2n) is 7.77. The smallest absolute Gasteiger partial charge is 0.323 e. The molecular formula is C22H24N4O5. The summed E-state index contributed by atoms with van der Waals surface area (Å²) < 4.78 is 7.24. The van der Waals surface area contributed by atoms with Crippen molar-refractivity contribution in [3.63, 3.8) is 0 Å². The molecule has 0 saturated heterocycles. The molecule has 2 atom stereocenters. The van der Waals surface area contributed by atoms with Crippen molar-refractivity contribution >= 4 is 17.0 Å². The lowest BCUT2D eigenvalue weighted by molar-refractivity contribution is -0.142. The Balaban J connectivity index is 1.71. The van der Waals surface area contributed by atoms with Gasteiger partial charge in [0, 0.05) is 29.4 Å². The number of carboxylic acid groups (broad SMARTS) is 1. The van der Waals surface area contributed by atoms with Gasteiger partial charge in [0.1, 0.15) is 18.5 Å². The molecule has 0 bridgehead atoms. The number of aryl methyl sites for hydroxylation is 1. The molecule has 1 aromatic carbocycles. The van der Waals surface area contributed by atoms with Crippen molar-refractivity contribution in [2.45, 2.75) is 39.1 Å². The van der Waals surface area contributed by atoms with Crippen molar-refractivity contribution in [2.24, 2.45) is 0 Å². The Bertz CT molecular complexity index is 1220. The monoisotopic (exact) mass is 424 g/mol. The predicted octanol–water partition coefficient (Wildman–Crippen LogP) is 1.54. The molecule has 0 amide bonds. The highest BCUT2D eigenvalue weighted by Gasteiger charge is 2.22. The van der Waals surface area contributed by atoms with E-state index >= 15 is 0 Å². The second kappa shape index (κ2) is 8.37. The largest absolute Gasteiger partial charge is 0.497 e. The number of nitrogens with zero attached hydrogens (tertiary/aromatic N) is 2. The Morgan fingerprint density at radius 3 is 2.77 bits per heavy atom. The SMILES string of the molecule is Cc1cc(-c2nc3cc(CNC(C(=O)O)C(C)O)ccc3n2CC2=COC2)c[nH]c1=O. The Kier molecular flexibility index (Phi) is 5.62. The quantitative estimate of drug-likeness (QED) is 0.432. The topological polar surface area (TPSA) is 129 Å². The van der Waals surface area contributed by atoms with Crippen LogP contribution in [-0.2, 0) is 22.6 Å². The lowest BCUT2D eigenvalue weighted by Crippen LogP contribution is -2.44. The average molecular weight is 424 g/mol. The molecule has 2 unspecified atom stereocenters. The summed E-state index contributed by atoms with van der Waals surface area (Å²) in [5.74, 6) is -0.383. The van der Waals surface area contributed by atoms with Crippen LogP contribution in [0.1, 0.15) is 18.1 Å². The minimum absolute atomic E-state index is 0.138. The molecule has 0 saturated carbocycles. The number of pyridine rings is 1. The number of imidazole rings is 1. The number of aliphatic hydroxyl groups is 1. The number of carboxylic acids is 1. The molecular weight excluding hydrogens is 400 g/mol. The van der Waals surface area contributed by atoms with Crippen LogP contribution >= 0.6 is 0 Å². The first-order valence-electron chi connectivity index (χ1n) is 9.96. The van der Waals surface area contributed by atoms with Crippen molar-refractivity contribution in [3.05, 3.63) is 63.8 Å². The van der Waals surface area contributed by atoms with Gasteiger partial charge in [0.05, 0.1) is 29.9 Å². The van der Waals surface area contributed by atoms with Crippen molar-refractivity contribution in [3.8, 4) is 11.4 Å². The fourth-order valence-electron chi connectivity index (χ4n) is 3.57. The highest BCUT2D eigenvalue weighted by Crippen LogP contribution is 2.27. The fraction of sp³-hybridized carbons (Fsp3) is 0.318. The van der Waals surface area contributed by atoms with Crippen LogP contribution in [0.25, 0.3) is 22.4 Å². The molecule has 0 radical (unpaired) electrons. The van der Waals surface area contributed by atoms with Crippen LogP contribution in [0, 0.1) is 6.92 Å². The highest BCUT2D eigenvalue weighted by atomic mass is 16.5. The Morgan fingerprint density at radius 1 is 1.39 bits per heavy atom. The van der Waals surface area contributed by atoms with E-state index in [1.54, 1.807) is 19.4 Å². The lowest BCUT2D eigenvalue weighted by Gasteiger charge is -2.18. The van der Waals surface area contributed by atoms with E-state index in [2.05, 4.69) is 14.9 Å². The van der Waals surface area contributed by atoms with Crippen molar-refractivity contribution in [2.75, 3.05) is 6.61 Å². The number of aromatic amines is 1. The lowest BCUT2D eigenvalue weighted by atomic mass is 10.1. The summed E-state index contributed by atoms with van der Waals surface area (Å²) in [6, 6.07) is 6.50. The number of benzene rings is 1. The molecule has 3 heterocycles.